The van der Waals surface area contributed by atoms with Crippen LogP contribution in [-0.2, 0) is 18.9 Å². The molecule has 0 radical (unpaired) electrons. The topological polar surface area (TPSA) is 166 Å². The molecule has 0 saturated heterocycles. The highest BCUT2D eigenvalue weighted by Crippen LogP contribution is 2.40. The summed E-state index contributed by atoms with van der Waals surface area (Å²) >= 11 is 0. The van der Waals surface area contributed by atoms with Crippen molar-refractivity contribution < 1.29 is 39.4 Å². The predicted octanol–water partition coefficient (Wildman–Crippen LogP) is 20.7. The van der Waals surface area contributed by atoms with Crippen LogP contribution >= 0.6 is 0 Å². The molecule has 0 amide bonds. The van der Waals surface area contributed by atoms with E-state index in [2.05, 4.69) is 273 Å². The zero-order chi connectivity index (χ0) is 72.0. The highest BCUT2D eigenvalue weighted by molar-refractivity contribution is 6.26. The molecule has 4 unspecified atom stereocenters. The van der Waals surface area contributed by atoms with Crippen LogP contribution in [0.15, 0.2) is 231 Å². The largest absolute Gasteiger partial charge is 0.389 e. The Morgan fingerprint density at radius 2 is 0.567 bits per heavy atom. The maximum atomic E-state index is 10.3. The molecule has 0 saturated carbocycles. The van der Waals surface area contributed by atoms with E-state index in [1.807, 2.05) is 6.07 Å². The van der Waals surface area contributed by atoms with Crippen LogP contribution in [0.5, 0.6) is 0 Å². The molecular weight excluding hydrogens is 1290 g/mol. The Hall–Kier alpha value is -9.44. The molecule has 12 heteroatoms. The van der Waals surface area contributed by atoms with E-state index < -0.39 is 24.4 Å². The van der Waals surface area contributed by atoms with Crippen LogP contribution in [-0.4, -0.2) is 124 Å². The second kappa shape index (κ2) is 37.3. The van der Waals surface area contributed by atoms with Crippen molar-refractivity contribution >= 4 is 141 Å². The molecular formula is C92H102N4O8. The summed E-state index contributed by atoms with van der Waals surface area (Å²) in [6, 6.07) is 81.4. The minimum Gasteiger partial charge on any atom is -0.389 e. The number of benzene rings is 15. The van der Waals surface area contributed by atoms with E-state index in [0.717, 1.165) is 74.1 Å². The molecule has 0 aliphatic heterocycles. The van der Waals surface area contributed by atoms with Crippen molar-refractivity contribution in [2.45, 2.75) is 103 Å². The number of fused-ring (bicyclic) bond motifs is 8. The summed E-state index contributed by atoms with van der Waals surface area (Å²) < 4.78 is 22.1. The van der Waals surface area contributed by atoms with Gasteiger partial charge in [0.1, 0.15) is 0 Å². The van der Waals surface area contributed by atoms with Crippen LogP contribution in [0, 0.1) is 0 Å². The van der Waals surface area contributed by atoms with Crippen molar-refractivity contribution in [1.82, 2.24) is 0 Å². The molecule has 0 aliphatic carbocycles. The van der Waals surface area contributed by atoms with Crippen LogP contribution in [0.25, 0.3) is 118 Å². The Labute approximate surface area is 611 Å². The van der Waals surface area contributed by atoms with Crippen LogP contribution in [0.2, 0.25) is 0 Å². The van der Waals surface area contributed by atoms with Gasteiger partial charge in [-0.25, -0.2) is 0 Å². The summed E-state index contributed by atoms with van der Waals surface area (Å²) in [6.45, 7) is 14.8. The third-order valence-corrected chi connectivity index (χ3v) is 19.5. The molecule has 0 fully saturated rings. The third-order valence-electron chi connectivity index (χ3n) is 19.5. The van der Waals surface area contributed by atoms with Crippen molar-refractivity contribution in [3.8, 4) is 0 Å². The second-order valence-corrected chi connectivity index (χ2v) is 27.4. The summed E-state index contributed by atoms with van der Waals surface area (Å²) in [5.74, 6) is 0. The summed E-state index contributed by atoms with van der Waals surface area (Å²) in [5, 5.41) is 81.7. The van der Waals surface area contributed by atoms with E-state index in [4.69, 9.17) is 18.9 Å². The lowest BCUT2D eigenvalue weighted by atomic mass is 9.93. The van der Waals surface area contributed by atoms with Crippen LogP contribution in [0.4, 0.5) is 22.7 Å². The SMILES string of the molecule is CCCCOCC(O)CNc1cc2c3ccccc3ccc2c2ccccc12.CCCCOCC(O)CNc1cc2ccc3cccc4ccc(c1)c2c34.CCCCOCC(O)CNc1cc2ccccc2c2ccccc12.CCCCOCC(O)CNc1ccc2ccc3cccc4ccc1c2c34. The maximum absolute atomic E-state index is 10.3. The number of anilines is 4. The molecule has 4 atom stereocenters. The van der Waals surface area contributed by atoms with E-state index in [1.54, 1.807) is 0 Å². The zero-order valence-corrected chi connectivity index (χ0v) is 60.8. The Kier molecular flexibility index (Phi) is 26.7. The van der Waals surface area contributed by atoms with Crippen LogP contribution in [0.1, 0.15) is 79.1 Å². The molecule has 0 bridgehead atoms. The Morgan fingerprint density at radius 1 is 0.250 bits per heavy atom. The highest BCUT2D eigenvalue weighted by atomic mass is 16.5. The smallest absolute Gasteiger partial charge is 0.0945 e. The summed E-state index contributed by atoms with van der Waals surface area (Å²) in [5.41, 5.74) is 4.19. The van der Waals surface area contributed by atoms with E-state index in [0.29, 0.717) is 79.0 Å². The average molecular weight is 1390 g/mol. The minimum absolute atomic E-state index is 0.363. The first-order valence-corrected chi connectivity index (χ1v) is 37.7. The summed E-state index contributed by atoms with van der Waals surface area (Å²) in [4.78, 5) is 0. The number of aliphatic hydroxyl groups excluding tert-OH is 4. The number of unbranched alkanes of at least 4 members (excludes halogenated alkanes) is 4. The van der Waals surface area contributed by atoms with Gasteiger partial charge in [0.2, 0.25) is 0 Å². The summed E-state index contributed by atoms with van der Waals surface area (Å²) in [7, 11) is 0. The van der Waals surface area contributed by atoms with Gasteiger partial charge in [0.05, 0.1) is 50.8 Å². The van der Waals surface area contributed by atoms with Gasteiger partial charge in [-0.2, -0.15) is 0 Å². The molecule has 8 N–H and O–H groups in total. The van der Waals surface area contributed by atoms with E-state index in [9.17, 15) is 20.4 Å². The lowest BCUT2D eigenvalue weighted by Gasteiger charge is -2.17. The number of rotatable bonds is 32. The van der Waals surface area contributed by atoms with E-state index in [-0.39, 0.29) is 0 Å². The minimum atomic E-state index is -0.529. The average Bonchev–Trinajstić information content (AvgIpc) is 0.765. The van der Waals surface area contributed by atoms with Crippen molar-refractivity contribution in [2.24, 2.45) is 0 Å². The first-order chi connectivity index (χ1) is 51.1. The third kappa shape index (κ3) is 18.5. The Bertz CT molecular complexity index is 5120. The highest BCUT2D eigenvalue weighted by Gasteiger charge is 2.16. The van der Waals surface area contributed by atoms with Gasteiger partial charge < -0.3 is 60.6 Å². The molecule has 15 aromatic carbocycles. The second-order valence-electron chi connectivity index (χ2n) is 27.4. The first kappa shape index (κ1) is 74.3. The van der Waals surface area contributed by atoms with Crippen LogP contribution < -0.4 is 21.3 Å². The number of nitrogens with one attached hydrogen (secondary N) is 4. The number of hydrogen-bond donors (Lipinski definition) is 8. The molecule has 0 spiro atoms. The van der Waals surface area contributed by atoms with Crippen molar-refractivity contribution in [1.29, 1.82) is 0 Å². The summed E-state index contributed by atoms with van der Waals surface area (Å²) in [6.07, 6.45) is 6.52. The number of ether oxygens (including phenoxy) is 4. The van der Waals surface area contributed by atoms with Gasteiger partial charge in [-0.3, -0.25) is 0 Å². The molecule has 0 heterocycles. The lowest BCUT2D eigenvalue weighted by molar-refractivity contribution is 0.0421. The molecule has 0 aliphatic rings. The van der Waals surface area contributed by atoms with Crippen molar-refractivity contribution in [2.75, 3.05) is 100 Å². The predicted molar refractivity (Wildman–Crippen MR) is 442 cm³/mol. The fourth-order valence-corrected chi connectivity index (χ4v) is 14.0. The maximum Gasteiger partial charge on any atom is 0.0945 e. The van der Waals surface area contributed by atoms with Gasteiger partial charge in [-0.05, 0) is 158 Å². The van der Waals surface area contributed by atoms with Crippen molar-refractivity contribution in [3.63, 3.8) is 0 Å². The monoisotopic (exact) mass is 1390 g/mol. The molecule has 12 nitrogen and oxygen atoms in total. The first-order valence-electron chi connectivity index (χ1n) is 37.7. The molecule has 15 aromatic rings. The van der Waals surface area contributed by atoms with Gasteiger partial charge in [-0.15, -0.1) is 0 Å². The van der Waals surface area contributed by atoms with Crippen LogP contribution in [0.3, 0.4) is 0 Å². The van der Waals surface area contributed by atoms with Gasteiger partial charge >= 0.3 is 0 Å². The Balaban J connectivity index is 0.000000131. The number of aliphatic hydroxyl groups is 4. The van der Waals surface area contributed by atoms with Gasteiger partial charge in [0, 0.05) is 91.5 Å². The molecule has 15 rings (SSSR count). The van der Waals surface area contributed by atoms with E-state index >= 15 is 0 Å². The number of hydrogen-bond acceptors (Lipinski definition) is 12. The van der Waals surface area contributed by atoms with Crippen molar-refractivity contribution in [3.05, 3.63) is 231 Å². The van der Waals surface area contributed by atoms with Gasteiger partial charge in [0.15, 0.2) is 0 Å². The molecule has 538 valence electrons. The standard InChI is InChI=1S/C25H27NO2.2C23H25NO2.C21H25NO2/c1-2-3-14-28-17-19(27)16-26-25-15-24-20-9-5-4-8-18(20)12-13-22(24)21-10-6-7-11-23(21)25;1-2-3-11-26-15-21(25)14-24-20-12-18-9-7-16-5-4-6-17-8-10-19(13-20)23(18)22(16)17;1-2-3-13-26-15-19(25)14-24-21-12-10-18-8-7-16-5-4-6-17-9-11-20(21)23(18)22(16)17;1-2-3-12-24-15-17(23)14-22-21-13-16-8-4-5-9-18(16)19-10-6-7-11-20(19)21/h4-13,15,19,26-27H,2-3,14,16-17H2,1H3;4-10,12-13,21,24-25H,2-3,11,14-15H2,1H3;4-12,19,24-25H,2-3,13-15H2,1H3;4-11,13,17,22-23H,2-3,12,14-15H2,1H3. The van der Waals surface area contributed by atoms with E-state index in [1.165, 1.54) is 118 Å². The normalized spacial score (nSPS) is 12.8. The fraction of sp³-hybridized carbons (Fsp3) is 0.304. The Morgan fingerprint density at radius 3 is 1.06 bits per heavy atom. The fourth-order valence-electron chi connectivity index (χ4n) is 14.0. The zero-order valence-electron chi connectivity index (χ0n) is 60.8. The van der Waals surface area contributed by atoms with Gasteiger partial charge in [0.25, 0.3) is 0 Å². The molecule has 104 heavy (non-hydrogen) atoms. The lowest BCUT2D eigenvalue weighted by Crippen LogP contribution is -2.25. The molecule has 0 aromatic heterocycles. The van der Waals surface area contributed by atoms with Gasteiger partial charge in [-0.1, -0.05) is 254 Å². The quantitative estimate of drug-likeness (QED) is 0.0149.